The fraction of sp³-hybridized carbons (Fsp3) is 0.545. The first-order chi connectivity index (χ1) is 9.10. The Hall–Kier alpha value is -1.93. The standard InChI is InChI=1S/C11H15N3O5/c15-5-8-6-19-2-1-14(8)10(17)4-7-3-9(16)13-11(18)12-7/h3,8,15H,1-2,4-6H2,(H2,12,13,16,18). The second-order valence-corrected chi connectivity index (χ2v) is 4.29. The molecule has 1 aromatic rings. The van der Waals surface area contributed by atoms with Gasteiger partial charge in [-0.1, -0.05) is 0 Å². The Kier molecular flexibility index (Phi) is 4.13. The quantitative estimate of drug-likeness (QED) is 0.577. The van der Waals surface area contributed by atoms with E-state index >= 15 is 0 Å². The van der Waals surface area contributed by atoms with E-state index in [-0.39, 0.29) is 37.3 Å². The molecule has 1 unspecified atom stereocenters. The zero-order valence-corrected chi connectivity index (χ0v) is 10.2. The normalized spacial score (nSPS) is 19.4. The highest BCUT2D eigenvalue weighted by molar-refractivity contribution is 5.78. The second-order valence-electron chi connectivity index (χ2n) is 4.29. The highest BCUT2D eigenvalue weighted by Gasteiger charge is 2.26. The lowest BCUT2D eigenvalue weighted by atomic mass is 10.2. The summed E-state index contributed by atoms with van der Waals surface area (Å²) in [6, 6.07) is 0.795. The van der Waals surface area contributed by atoms with E-state index in [2.05, 4.69) is 4.98 Å². The molecule has 0 spiro atoms. The molecule has 0 saturated carbocycles. The molecule has 1 atom stereocenters. The number of morpholine rings is 1. The van der Waals surface area contributed by atoms with E-state index in [4.69, 9.17) is 4.74 Å². The molecule has 104 valence electrons. The molecule has 1 aliphatic rings. The molecule has 3 N–H and O–H groups in total. The van der Waals surface area contributed by atoms with Crippen molar-refractivity contribution in [2.24, 2.45) is 0 Å². The zero-order valence-electron chi connectivity index (χ0n) is 10.2. The largest absolute Gasteiger partial charge is 0.394 e. The summed E-state index contributed by atoms with van der Waals surface area (Å²) in [6.45, 7) is 0.900. The Morgan fingerprint density at radius 3 is 2.95 bits per heavy atom. The lowest BCUT2D eigenvalue weighted by Gasteiger charge is -2.34. The van der Waals surface area contributed by atoms with Crippen molar-refractivity contribution < 1.29 is 14.6 Å². The number of nitrogens with one attached hydrogen (secondary N) is 2. The molecular weight excluding hydrogens is 254 g/mol. The number of rotatable bonds is 3. The SMILES string of the molecule is O=C(Cc1cc(=O)[nH]c(=O)[nH]1)N1CCOCC1CO. The van der Waals surface area contributed by atoms with Gasteiger partial charge in [-0.05, 0) is 0 Å². The number of carbonyl (C=O) groups excluding carboxylic acids is 1. The molecule has 1 amide bonds. The Morgan fingerprint density at radius 1 is 1.47 bits per heavy atom. The predicted octanol–water partition coefficient (Wildman–Crippen LogP) is -2.17. The van der Waals surface area contributed by atoms with E-state index in [9.17, 15) is 19.5 Å². The van der Waals surface area contributed by atoms with Crippen molar-refractivity contribution in [1.29, 1.82) is 0 Å². The first kappa shape index (κ1) is 13.5. The minimum absolute atomic E-state index is 0.0876. The van der Waals surface area contributed by atoms with Gasteiger partial charge in [-0.3, -0.25) is 14.6 Å². The van der Waals surface area contributed by atoms with Crippen LogP contribution in [0.25, 0.3) is 0 Å². The molecule has 19 heavy (non-hydrogen) atoms. The second kappa shape index (κ2) is 5.81. The fourth-order valence-corrected chi connectivity index (χ4v) is 2.01. The van der Waals surface area contributed by atoms with Crippen LogP contribution in [-0.2, 0) is 16.0 Å². The van der Waals surface area contributed by atoms with Crippen LogP contribution in [0, 0.1) is 0 Å². The van der Waals surface area contributed by atoms with Gasteiger partial charge in [0.05, 0.1) is 32.3 Å². The molecule has 2 rings (SSSR count). The summed E-state index contributed by atoms with van der Waals surface area (Å²) >= 11 is 0. The van der Waals surface area contributed by atoms with E-state index in [1.165, 1.54) is 11.0 Å². The van der Waals surface area contributed by atoms with E-state index in [1.807, 2.05) is 4.98 Å². The van der Waals surface area contributed by atoms with Gasteiger partial charge in [-0.2, -0.15) is 0 Å². The van der Waals surface area contributed by atoms with Crippen LogP contribution in [0.1, 0.15) is 5.69 Å². The number of aliphatic hydroxyl groups excluding tert-OH is 1. The highest BCUT2D eigenvalue weighted by atomic mass is 16.5. The molecule has 1 fully saturated rings. The van der Waals surface area contributed by atoms with Crippen LogP contribution in [0.3, 0.4) is 0 Å². The Balaban J connectivity index is 2.11. The maximum absolute atomic E-state index is 12.1. The summed E-state index contributed by atoms with van der Waals surface area (Å²) in [5, 5.41) is 9.18. The lowest BCUT2D eigenvalue weighted by molar-refractivity contribution is -0.140. The van der Waals surface area contributed by atoms with Crippen LogP contribution in [0.15, 0.2) is 15.7 Å². The van der Waals surface area contributed by atoms with E-state index in [1.54, 1.807) is 0 Å². The Labute approximate surface area is 108 Å². The van der Waals surface area contributed by atoms with E-state index < -0.39 is 11.2 Å². The van der Waals surface area contributed by atoms with Crippen molar-refractivity contribution in [3.8, 4) is 0 Å². The molecule has 1 aromatic heterocycles. The molecule has 0 radical (unpaired) electrons. The molecule has 0 bridgehead atoms. The Morgan fingerprint density at radius 2 is 2.26 bits per heavy atom. The number of hydrogen-bond acceptors (Lipinski definition) is 5. The summed E-state index contributed by atoms with van der Waals surface area (Å²) in [5.74, 6) is -0.261. The number of H-pyrrole nitrogens is 2. The number of aromatic amines is 2. The summed E-state index contributed by atoms with van der Waals surface area (Å²) < 4.78 is 5.18. The van der Waals surface area contributed by atoms with Gasteiger partial charge in [0.2, 0.25) is 5.91 Å². The zero-order chi connectivity index (χ0) is 13.8. The van der Waals surface area contributed by atoms with Crippen molar-refractivity contribution in [1.82, 2.24) is 14.9 Å². The summed E-state index contributed by atoms with van der Waals surface area (Å²) in [4.78, 5) is 40.2. The maximum atomic E-state index is 12.1. The van der Waals surface area contributed by atoms with Crippen LogP contribution in [0.5, 0.6) is 0 Å². The number of aliphatic hydroxyl groups is 1. The summed E-state index contributed by atoms with van der Waals surface area (Å²) in [5.41, 5.74) is -0.940. The van der Waals surface area contributed by atoms with Gasteiger partial charge in [0.1, 0.15) is 0 Å². The monoisotopic (exact) mass is 269 g/mol. The van der Waals surface area contributed by atoms with Gasteiger partial charge >= 0.3 is 5.69 Å². The molecular formula is C11H15N3O5. The van der Waals surface area contributed by atoms with Gasteiger partial charge in [-0.15, -0.1) is 0 Å². The number of nitrogens with zero attached hydrogens (tertiary/aromatic N) is 1. The molecule has 8 nitrogen and oxygen atoms in total. The highest BCUT2D eigenvalue weighted by Crippen LogP contribution is 2.08. The number of ether oxygens (including phenoxy) is 1. The fourth-order valence-electron chi connectivity index (χ4n) is 2.01. The van der Waals surface area contributed by atoms with E-state index in [0.717, 1.165) is 0 Å². The van der Waals surface area contributed by atoms with Gasteiger partial charge in [-0.25, -0.2) is 4.79 Å². The van der Waals surface area contributed by atoms with Crippen LogP contribution in [0.4, 0.5) is 0 Å². The van der Waals surface area contributed by atoms with Crippen molar-refractivity contribution >= 4 is 5.91 Å². The molecule has 0 aromatic carbocycles. The number of aromatic nitrogens is 2. The minimum atomic E-state index is -0.643. The first-order valence-electron chi connectivity index (χ1n) is 5.90. The first-order valence-corrected chi connectivity index (χ1v) is 5.90. The van der Waals surface area contributed by atoms with Crippen LogP contribution in [0.2, 0.25) is 0 Å². The number of amides is 1. The van der Waals surface area contributed by atoms with E-state index in [0.29, 0.717) is 13.2 Å². The molecule has 2 heterocycles. The molecule has 1 aliphatic heterocycles. The van der Waals surface area contributed by atoms with Crippen molar-refractivity contribution in [2.75, 3.05) is 26.4 Å². The third-order valence-corrected chi connectivity index (χ3v) is 2.92. The van der Waals surface area contributed by atoms with Crippen LogP contribution in [-0.4, -0.2) is 58.3 Å². The third-order valence-electron chi connectivity index (χ3n) is 2.92. The van der Waals surface area contributed by atoms with Crippen LogP contribution < -0.4 is 11.2 Å². The number of hydrogen-bond donors (Lipinski definition) is 3. The summed E-state index contributed by atoms with van der Waals surface area (Å²) in [6.07, 6.45) is -0.0876. The van der Waals surface area contributed by atoms with Gasteiger partial charge in [0, 0.05) is 18.3 Å². The van der Waals surface area contributed by atoms with Crippen molar-refractivity contribution in [2.45, 2.75) is 12.5 Å². The predicted molar refractivity (Wildman–Crippen MR) is 64.8 cm³/mol. The maximum Gasteiger partial charge on any atom is 0.325 e. The molecule has 8 heteroatoms. The van der Waals surface area contributed by atoms with Gasteiger partial charge < -0.3 is 19.7 Å². The Bertz CT molecular complexity index is 536. The molecule has 1 saturated heterocycles. The van der Waals surface area contributed by atoms with Crippen molar-refractivity contribution in [3.05, 3.63) is 32.6 Å². The number of carbonyl (C=O) groups is 1. The van der Waals surface area contributed by atoms with Gasteiger partial charge in [0.25, 0.3) is 5.56 Å². The lowest BCUT2D eigenvalue weighted by Crippen LogP contribution is -2.51. The molecule has 0 aliphatic carbocycles. The average Bonchev–Trinajstić information content (AvgIpc) is 2.37. The summed E-state index contributed by atoms with van der Waals surface area (Å²) in [7, 11) is 0. The van der Waals surface area contributed by atoms with Gasteiger partial charge in [0.15, 0.2) is 0 Å². The van der Waals surface area contributed by atoms with Crippen molar-refractivity contribution in [3.63, 3.8) is 0 Å². The smallest absolute Gasteiger partial charge is 0.325 e. The van der Waals surface area contributed by atoms with Crippen LogP contribution >= 0.6 is 0 Å². The topological polar surface area (TPSA) is 115 Å². The average molecular weight is 269 g/mol. The minimum Gasteiger partial charge on any atom is -0.394 e. The third kappa shape index (κ3) is 3.30.